The second-order valence-electron chi connectivity index (χ2n) is 4.85. The molecule has 5 heteroatoms. The number of hydrogen-bond donors (Lipinski definition) is 1. The number of ether oxygens (including phenoxy) is 2. The second kappa shape index (κ2) is 5.73. The van der Waals surface area contributed by atoms with E-state index < -0.39 is 0 Å². The van der Waals surface area contributed by atoms with Crippen molar-refractivity contribution in [1.82, 2.24) is 9.97 Å². The molecule has 1 heterocycles. The fourth-order valence-electron chi connectivity index (χ4n) is 1.96. The van der Waals surface area contributed by atoms with E-state index in [9.17, 15) is 0 Å². The van der Waals surface area contributed by atoms with E-state index in [-0.39, 0.29) is 0 Å². The molecular weight excluding hydrogens is 272 g/mol. The van der Waals surface area contributed by atoms with Gasteiger partial charge in [-0.1, -0.05) is 12.2 Å². The molecule has 20 heavy (non-hydrogen) atoms. The summed E-state index contributed by atoms with van der Waals surface area (Å²) in [6.45, 7) is 0.417. The fraction of sp³-hybridized carbons (Fsp3) is 0.333. The van der Waals surface area contributed by atoms with Crippen LogP contribution in [0.25, 0.3) is 11.3 Å². The van der Waals surface area contributed by atoms with Crippen molar-refractivity contribution in [3.05, 3.63) is 40.8 Å². The average Bonchev–Trinajstić information content (AvgIpc) is 3.23. The molecule has 1 aromatic carbocycles. The first kappa shape index (κ1) is 13.3. The van der Waals surface area contributed by atoms with Gasteiger partial charge in [-0.15, -0.1) is 0 Å². The quantitative estimate of drug-likeness (QED) is 0.855. The number of aromatic amines is 1. The van der Waals surface area contributed by atoms with Crippen LogP contribution in [0.4, 0.5) is 0 Å². The van der Waals surface area contributed by atoms with Crippen LogP contribution in [0.5, 0.6) is 5.75 Å². The molecule has 0 aliphatic heterocycles. The van der Waals surface area contributed by atoms with E-state index in [1.54, 1.807) is 7.11 Å². The molecule has 0 amide bonds. The molecule has 1 aromatic heterocycles. The molecule has 1 fully saturated rings. The molecule has 2 aromatic rings. The van der Waals surface area contributed by atoms with Gasteiger partial charge in [0.2, 0.25) is 0 Å². The van der Waals surface area contributed by atoms with Crippen LogP contribution in [-0.4, -0.2) is 23.2 Å². The maximum Gasteiger partial charge on any atom is 0.134 e. The van der Waals surface area contributed by atoms with Gasteiger partial charge >= 0.3 is 0 Å². The van der Waals surface area contributed by atoms with Crippen molar-refractivity contribution >= 4 is 12.2 Å². The lowest BCUT2D eigenvalue weighted by molar-refractivity contribution is 0.177. The molecule has 1 aliphatic rings. The molecule has 104 valence electrons. The highest BCUT2D eigenvalue weighted by atomic mass is 32.1. The van der Waals surface area contributed by atoms with E-state index in [4.69, 9.17) is 21.7 Å². The smallest absolute Gasteiger partial charge is 0.134 e. The van der Waals surface area contributed by atoms with E-state index in [0.717, 1.165) is 22.8 Å². The summed E-state index contributed by atoms with van der Waals surface area (Å²) in [5.41, 5.74) is 1.99. The minimum Gasteiger partial charge on any atom is -0.490 e. The van der Waals surface area contributed by atoms with E-state index in [2.05, 4.69) is 9.97 Å². The SMILES string of the molecule is COCc1nc(=S)cc(-c2ccc(OC3CC3)cc2)[nH]1. The molecule has 0 atom stereocenters. The Kier molecular flexibility index (Phi) is 3.80. The van der Waals surface area contributed by atoms with Gasteiger partial charge in [-0.2, -0.15) is 0 Å². The van der Waals surface area contributed by atoms with E-state index >= 15 is 0 Å². The van der Waals surface area contributed by atoms with Gasteiger partial charge in [0.25, 0.3) is 0 Å². The van der Waals surface area contributed by atoms with Gasteiger partial charge < -0.3 is 14.5 Å². The third-order valence-electron chi connectivity index (χ3n) is 3.07. The zero-order chi connectivity index (χ0) is 13.9. The lowest BCUT2D eigenvalue weighted by Gasteiger charge is -2.08. The first-order valence-electron chi connectivity index (χ1n) is 6.61. The molecule has 0 unspecified atom stereocenters. The Bertz CT molecular complexity index is 648. The number of rotatable bonds is 5. The molecule has 0 bridgehead atoms. The van der Waals surface area contributed by atoms with Crippen molar-refractivity contribution in [1.29, 1.82) is 0 Å². The van der Waals surface area contributed by atoms with Gasteiger partial charge in [0.1, 0.15) is 22.8 Å². The van der Waals surface area contributed by atoms with Gasteiger partial charge in [-0.05, 0) is 48.7 Å². The first-order chi connectivity index (χ1) is 9.74. The summed E-state index contributed by atoms with van der Waals surface area (Å²) in [5.74, 6) is 1.65. The van der Waals surface area contributed by atoms with Crippen molar-refractivity contribution in [3.63, 3.8) is 0 Å². The van der Waals surface area contributed by atoms with Crippen LogP contribution in [0, 0.1) is 4.64 Å². The van der Waals surface area contributed by atoms with Crippen molar-refractivity contribution in [2.24, 2.45) is 0 Å². The highest BCUT2D eigenvalue weighted by Gasteiger charge is 2.23. The summed E-state index contributed by atoms with van der Waals surface area (Å²) in [6, 6.07) is 9.87. The highest BCUT2D eigenvalue weighted by Crippen LogP contribution is 2.28. The first-order valence-corrected chi connectivity index (χ1v) is 7.02. The number of methoxy groups -OCH3 is 1. The van der Waals surface area contributed by atoms with Crippen molar-refractivity contribution in [2.75, 3.05) is 7.11 Å². The number of nitrogens with zero attached hydrogens (tertiary/aromatic N) is 1. The van der Waals surface area contributed by atoms with Gasteiger partial charge in [0.05, 0.1) is 6.10 Å². The number of nitrogens with one attached hydrogen (secondary N) is 1. The molecule has 1 saturated carbocycles. The number of H-pyrrole nitrogens is 1. The van der Waals surface area contributed by atoms with Gasteiger partial charge in [-0.25, -0.2) is 4.98 Å². The number of benzene rings is 1. The zero-order valence-corrected chi connectivity index (χ0v) is 12.1. The van der Waals surface area contributed by atoms with Crippen LogP contribution in [-0.2, 0) is 11.3 Å². The van der Waals surface area contributed by atoms with Crippen molar-refractivity contribution in [3.8, 4) is 17.0 Å². The third kappa shape index (κ3) is 3.23. The van der Waals surface area contributed by atoms with Crippen LogP contribution in [0.3, 0.4) is 0 Å². The molecule has 1 aliphatic carbocycles. The monoisotopic (exact) mass is 288 g/mol. The average molecular weight is 288 g/mol. The van der Waals surface area contributed by atoms with Crippen molar-refractivity contribution in [2.45, 2.75) is 25.6 Å². The largest absolute Gasteiger partial charge is 0.490 e. The minimum atomic E-state index is 0.417. The predicted octanol–water partition coefficient (Wildman–Crippen LogP) is 3.49. The highest BCUT2D eigenvalue weighted by molar-refractivity contribution is 7.71. The van der Waals surface area contributed by atoms with E-state index in [1.165, 1.54) is 12.8 Å². The zero-order valence-electron chi connectivity index (χ0n) is 11.3. The molecule has 4 nitrogen and oxygen atoms in total. The lowest BCUT2D eigenvalue weighted by Crippen LogP contribution is -1.99. The molecule has 1 N–H and O–H groups in total. The summed E-state index contributed by atoms with van der Waals surface area (Å²) in [6.07, 6.45) is 2.75. The molecule has 0 saturated heterocycles. The Hall–Kier alpha value is -1.72. The van der Waals surface area contributed by atoms with Gasteiger partial charge in [-0.3, -0.25) is 0 Å². The summed E-state index contributed by atoms with van der Waals surface area (Å²) < 4.78 is 11.4. The number of hydrogen-bond acceptors (Lipinski definition) is 4. The molecular formula is C15H16N2O2S. The predicted molar refractivity (Wildman–Crippen MR) is 79.2 cm³/mol. The molecule has 3 rings (SSSR count). The third-order valence-corrected chi connectivity index (χ3v) is 3.27. The summed E-state index contributed by atoms with van der Waals surface area (Å²) in [5, 5.41) is 0. The summed E-state index contributed by atoms with van der Waals surface area (Å²) >= 11 is 5.18. The summed E-state index contributed by atoms with van der Waals surface area (Å²) in [4.78, 5) is 7.46. The maximum absolute atomic E-state index is 5.74. The van der Waals surface area contributed by atoms with E-state index in [0.29, 0.717) is 17.4 Å². The van der Waals surface area contributed by atoms with Crippen LogP contribution in [0.1, 0.15) is 18.7 Å². The van der Waals surface area contributed by atoms with Crippen LogP contribution in [0.15, 0.2) is 30.3 Å². The lowest BCUT2D eigenvalue weighted by atomic mass is 10.1. The molecule has 0 radical (unpaired) electrons. The van der Waals surface area contributed by atoms with E-state index in [1.807, 2.05) is 30.3 Å². The number of aromatic nitrogens is 2. The Morgan fingerprint density at radius 3 is 2.70 bits per heavy atom. The Morgan fingerprint density at radius 1 is 1.30 bits per heavy atom. The second-order valence-corrected chi connectivity index (χ2v) is 5.27. The Balaban J connectivity index is 1.85. The molecule has 0 spiro atoms. The van der Waals surface area contributed by atoms with Crippen LogP contribution < -0.4 is 4.74 Å². The Labute approximate surface area is 122 Å². The summed E-state index contributed by atoms with van der Waals surface area (Å²) in [7, 11) is 1.63. The minimum absolute atomic E-state index is 0.417. The fourth-order valence-corrected chi connectivity index (χ4v) is 2.19. The van der Waals surface area contributed by atoms with Gasteiger partial charge in [0, 0.05) is 12.8 Å². The Morgan fingerprint density at radius 2 is 2.05 bits per heavy atom. The van der Waals surface area contributed by atoms with Crippen molar-refractivity contribution < 1.29 is 9.47 Å². The standard InChI is InChI=1S/C15H16N2O2S/c1-18-9-14-16-13(8-15(20)17-14)10-2-4-11(5-3-10)19-12-6-7-12/h2-5,8,12H,6-7,9H2,1H3,(H,16,17,20). The van der Waals surface area contributed by atoms with Crippen LogP contribution >= 0.6 is 12.2 Å². The normalized spacial score (nSPS) is 14.2. The topological polar surface area (TPSA) is 47.1 Å². The van der Waals surface area contributed by atoms with Gasteiger partial charge in [0.15, 0.2) is 0 Å². The maximum atomic E-state index is 5.74. The van der Waals surface area contributed by atoms with Crippen LogP contribution in [0.2, 0.25) is 0 Å².